The second-order valence-electron chi connectivity index (χ2n) is 11.3. The number of ether oxygens (including phenoxy) is 1. The van der Waals surface area contributed by atoms with Crippen molar-refractivity contribution in [1.82, 2.24) is 29.4 Å². The van der Waals surface area contributed by atoms with E-state index in [0.717, 1.165) is 38.0 Å². The number of aryl methyl sites for hydroxylation is 1. The largest absolute Gasteiger partial charge is 0.455 e. The van der Waals surface area contributed by atoms with E-state index in [1.165, 1.54) is 28.3 Å². The number of benzene rings is 1. The lowest BCUT2D eigenvalue weighted by atomic mass is 9.84. The number of likely N-dealkylation sites (tertiary alicyclic amines) is 2. The number of hydrogen-bond acceptors (Lipinski definition) is 6. The second kappa shape index (κ2) is 9.78. The average molecular weight is 505 g/mol. The fourth-order valence-corrected chi connectivity index (χ4v) is 5.64. The van der Waals surface area contributed by atoms with Crippen molar-refractivity contribution in [3.63, 3.8) is 0 Å². The number of nitrogens with zero attached hydrogens (tertiary/aromatic N) is 6. The van der Waals surface area contributed by atoms with Gasteiger partial charge in [-0.1, -0.05) is 6.07 Å². The number of carbonyl (C=O) groups excluding carboxylic acids is 2. The van der Waals surface area contributed by atoms with Crippen molar-refractivity contribution >= 4 is 12.0 Å². The Hall–Kier alpha value is -3.46. The lowest BCUT2D eigenvalue weighted by molar-refractivity contribution is 0.00623. The van der Waals surface area contributed by atoms with Crippen LogP contribution < -0.4 is 0 Å². The minimum Gasteiger partial charge on any atom is -0.455 e. The Bertz CT molecular complexity index is 1270. The molecular weight excluding hydrogens is 468 g/mol. The first-order valence-electron chi connectivity index (χ1n) is 13.1. The van der Waals surface area contributed by atoms with Gasteiger partial charge in [0.25, 0.3) is 0 Å². The summed E-state index contributed by atoms with van der Waals surface area (Å²) in [6, 6.07) is 9.92. The van der Waals surface area contributed by atoms with Gasteiger partial charge in [-0.05, 0) is 95.3 Å². The van der Waals surface area contributed by atoms with Crippen LogP contribution >= 0.6 is 0 Å². The minimum atomic E-state index is -0.613. The molecule has 37 heavy (non-hydrogen) atoms. The number of carbonyl (C=O) groups is 2. The predicted octanol–water partition coefficient (Wildman–Crippen LogP) is 4.43. The highest BCUT2D eigenvalue weighted by atomic mass is 16.6. The van der Waals surface area contributed by atoms with Gasteiger partial charge in [0.05, 0.1) is 5.69 Å². The molecule has 3 aromatic rings. The van der Waals surface area contributed by atoms with Gasteiger partial charge in [0.15, 0.2) is 5.69 Å². The summed E-state index contributed by atoms with van der Waals surface area (Å²) >= 11 is 0. The standard InChI is InChI=1S/C28H36N6O3/c1-21-17-22(19-23(18-21)33-13-6-11-29-33)20-32-12-5-8-28(32)9-15-31(16-10-28)26(36)34-14-7-24(30-34)25(35)37-27(2,3)4/h6-7,11,13-14,17-19H,5,8-10,12,15-16,20H2,1-4H3. The molecule has 0 atom stereocenters. The van der Waals surface area contributed by atoms with Gasteiger partial charge >= 0.3 is 12.0 Å². The molecule has 5 rings (SSSR count). The fraction of sp³-hybridized carbons (Fsp3) is 0.500. The van der Waals surface area contributed by atoms with E-state index in [2.05, 4.69) is 40.2 Å². The van der Waals surface area contributed by atoms with Crippen LogP contribution in [-0.2, 0) is 11.3 Å². The first-order chi connectivity index (χ1) is 17.6. The van der Waals surface area contributed by atoms with Gasteiger partial charge < -0.3 is 9.64 Å². The SMILES string of the molecule is Cc1cc(CN2CCCC23CCN(C(=O)n2ccc(C(=O)OC(C)(C)C)n2)CC3)cc(-n2cccn2)c1. The molecule has 0 unspecified atom stereocenters. The molecule has 1 amide bonds. The molecule has 2 saturated heterocycles. The third kappa shape index (κ3) is 5.46. The number of aromatic nitrogens is 4. The summed E-state index contributed by atoms with van der Waals surface area (Å²) in [6.07, 6.45) is 9.49. The van der Waals surface area contributed by atoms with Crippen LogP contribution in [0.3, 0.4) is 0 Å². The van der Waals surface area contributed by atoms with Gasteiger partial charge in [-0.2, -0.15) is 14.9 Å². The molecule has 196 valence electrons. The Morgan fingerprint density at radius 1 is 1.05 bits per heavy atom. The van der Waals surface area contributed by atoms with E-state index in [1.807, 2.05) is 21.8 Å². The number of hydrogen-bond donors (Lipinski definition) is 0. The zero-order chi connectivity index (χ0) is 26.2. The van der Waals surface area contributed by atoms with Crippen molar-refractivity contribution in [2.75, 3.05) is 19.6 Å². The topological polar surface area (TPSA) is 85.5 Å². The van der Waals surface area contributed by atoms with Crippen molar-refractivity contribution in [1.29, 1.82) is 0 Å². The Kier molecular flexibility index (Phi) is 6.66. The maximum Gasteiger partial charge on any atom is 0.359 e. The molecule has 2 aromatic heterocycles. The van der Waals surface area contributed by atoms with Crippen molar-refractivity contribution in [2.24, 2.45) is 0 Å². The van der Waals surface area contributed by atoms with E-state index in [4.69, 9.17) is 4.74 Å². The summed E-state index contributed by atoms with van der Waals surface area (Å²) in [5.74, 6) is -0.523. The van der Waals surface area contributed by atoms with Gasteiger partial charge in [-0.25, -0.2) is 14.3 Å². The van der Waals surface area contributed by atoms with Crippen molar-refractivity contribution in [3.05, 3.63) is 65.7 Å². The van der Waals surface area contributed by atoms with Crippen LogP contribution in [0.1, 0.15) is 68.1 Å². The normalized spacial score (nSPS) is 17.9. The van der Waals surface area contributed by atoms with Crippen LogP contribution in [0.2, 0.25) is 0 Å². The molecule has 1 spiro atoms. The predicted molar refractivity (Wildman–Crippen MR) is 140 cm³/mol. The molecule has 0 aliphatic carbocycles. The number of piperidine rings is 1. The van der Waals surface area contributed by atoms with Gasteiger partial charge in [-0.3, -0.25) is 4.90 Å². The van der Waals surface area contributed by atoms with Gasteiger partial charge in [0.2, 0.25) is 0 Å². The summed E-state index contributed by atoms with van der Waals surface area (Å²) in [7, 11) is 0. The molecule has 0 bridgehead atoms. The van der Waals surface area contributed by atoms with E-state index in [0.29, 0.717) is 13.1 Å². The van der Waals surface area contributed by atoms with E-state index >= 15 is 0 Å². The summed E-state index contributed by atoms with van der Waals surface area (Å²) in [5, 5.41) is 8.59. The van der Waals surface area contributed by atoms with Crippen LogP contribution in [0.25, 0.3) is 5.69 Å². The van der Waals surface area contributed by atoms with Crippen molar-refractivity contribution in [2.45, 2.75) is 71.1 Å². The highest BCUT2D eigenvalue weighted by Crippen LogP contribution is 2.39. The van der Waals surface area contributed by atoms with E-state index in [9.17, 15) is 9.59 Å². The zero-order valence-corrected chi connectivity index (χ0v) is 22.2. The molecule has 9 nitrogen and oxygen atoms in total. The minimum absolute atomic E-state index is 0.109. The van der Waals surface area contributed by atoms with E-state index in [1.54, 1.807) is 33.2 Å². The van der Waals surface area contributed by atoms with Crippen LogP contribution in [0, 0.1) is 6.92 Å². The summed E-state index contributed by atoms with van der Waals surface area (Å²) < 4.78 is 8.54. The molecule has 9 heteroatoms. The number of rotatable bonds is 4. The van der Waals surface area contributed by atoms with Gasteiger partial charge in [0, 0.05) is 43.8 Å². The summed E-state index contributed by atoms with van der Waals surface area (Å²) in [5.41, 5.74) is 3.24. The maximum absolute atomic E-state index is 13.1. The lowest BCUT2D eigenvalue weighted by Gasteiger charge is -2.45. The average Bonchev–Trinajstić information content (AvgIpc) is 3.60. The highest BCUT2D eigenvalue weighted by Gasteiger charge is 2.44. The van der Waals surface area contributed by atoms with Gasteiger partial charge in [0.1, 0.15) is 5.60 Å². The highest BCUT2D eigenvalue weighted by molar-refractivity contribution is 5.88. The third-order valence-corrected chi connectivity index (χ3v) is 7.36. The smallest absolute Gasteiger partial charge is 0.359 e. The van der Waals surface area contributed by atoms with Gasteiger partial charge in [-0.15, -0.1) is 0 Å². The molecule has 0 saturated carbocycles. The Morgan fingerprint density at radius 2 is 1.84 bits per heavy atom. The monoisotopic (exact) mass is 504 g/mol. The first kappa shape index (κ1) is 25.2. The quantitative estimate of drug-likeness (QED) is 0.489. The van der Waals surface area contributed by atoms with Crippen LogP contribution in [0.4, 0.5) is 4.79 Å². The van der Waals surface area contributed by atoms with Crippen LogP contribution in [0.5, 0.6) is 0 Å². The van der Waals surface area contributed by atoms with E-state index in [-0.39, 0.29) is 17.3 Å². The number of esters is 1. The fourth-order valence-electron chi connectivity index (χ4n) is 5.64. The van der Waals surface area contributed by atoms with Crippen LogP contribution in [-0.4, -0.2) is 72.1 Å². The molecule has 2 aliphatic heterocycles. The molecule has 2 fully saturated rings. The summed E-state index contributed by atoms with van der Waals surface area (Å²) in [4.78, 5) is 29.9. The molecule has 4 heterocycles. The lowest BCUT2D eigenvalue weighted by Crippen LogP contribution is -2.53. The third-order valence-electron chi connectivity index (χ3n) is 7.36. The van der Waals surface area contributed by atoms with E-state index < -0.39 is 11.6 Å². The van der Waals surface area contributed by atoms with Crippen molar-refractivity contribution in [3.8, 4) is 5.69 Å². The Labute approximate surface area is 218 Å². The maximum atomic E-state index is 13.1. The number of amides is 1. The first-order valence-corrected chi connectivity index (χ1v) is 13.1. The molecule has 1 aromatic carbocycles. The Balaban J connectivity index is 1.23. The zero-order valence-electron chi connectivity index (χ0n) is 22.2. The Morgan fingerprint density at radius 3 is 2.54 bits per heavy atom. The summed E-state index contributed by atoms with van der Waals surface area (Å²) in [6.45, 7) is 10.8. The molecule has 0 N–H and O–H groups in total. The van der Waals surface area contributed by atoms with Crippen LogP contribution in [0.15, 0.2) is 48.9 Å². The second-order valence-corrected chi connectivity index (χ2v) is 11.3. The van der Waals surface area contributed by atoms with Crippen molar-refractivity contribution < 1.29 is 14.3 Å². The molecule has 0 radical (unpaired) electrons. The molecule has 2 aliphatic rings. The molecular formula is C28H36N6O3.